The van der Waals surface area contributed by atoms with Crippen molar-refractivity contribution in [2.24, 2.45) is 13.1 Å². The van der Waals surface area contributed by atoms with Gasteiger partial charge < -0.3 is 16.0 Å². The Morgan fingerprint density at radius 2 is 0.699 bits per heavy atom. The smallest absolute Gasteiger partial charge is 0.307 e. The van der Waals surface area contributed by atoms with E-state index in [1.54, 1.807) is 54.6 Å². The first-order valence-corrected chi connectivity index (χ1v) is 33.2. The maximum atomic E-state index is 13.1. The van der Waals surface area contributed by atoms with E-state index in [2.05, 4.69) is 66.4 Å². The van der Waals surface area contributed by atoms with Gasteiger partial charge in [-0.15, -0.1) is 13.1 Å². The highest BCUT2D eigenvalue weighted by molar-refractivity contribution is 7.93. The van der Waals surface area contributed by atoms with Crippen molar-refractivity contribution in [2.75, 3.05) is 16.0 Å². The summed E-state index contributed by atoms with van der Waals surface area (Å²) in [6.07, 6.45) is 19.8. The average Bonchev–Trinajstić information content (AvgIpc) is 4.12. The van der Waals surface area contributed by atoms with Gasteiger partial charge in [-0.1, -0.05) is 54.6 Å². The molecular formula is C61H60N10O9S3. The van der Waals surface area contributed by atoms with Crippen molar-refractivity contribution in [1.29, 1.82) is 0 Å². The summed E-state index contributed by atoms with van der Waals surface area (Å²) in [4.78, 5) is 78.6. The topological polar surface area (TPSA) is 276 Å². The van der Waals surface area contributed by atoms with Crippen molar-refractivity contribution in [3.05, 3.63) is 180 Å². The number of hydrogen-bond donors (Lipinski definition) is 6. The second-order valence-electron chi connectivity index (χ2n) is 22.3. The van der Waals surface area contributed by atoms with Crippen LogP contribution in [-0.4, -0.2) is 53.4 Å². The Balaban J connectivity index is 0.000000117. The van der Waals surface area contributed by atoms with Gasteiger partial charge in [0.1, 0.15) is 19.8 Å². The van der Waals surface area contributed by atoms with Crippen LogP contribution in [0, 0.1) is 0 Å². The SMILES string of the molecule is O=C(Nc1c2c(cc3c1CCC3)CCC2)NS1(=O)=NC(=O)c2ccccc2C1.O=C(Nc1c2c(cc3c1CCC3)CCC2)NS1(=O)=NC(=O)c2ccccc2C1.O=C(Nc1c2c(cc3c1CCC3)CCC2)NS1(=O)=NC(=O)c2cccnc21. The predicted octanol–water partition coefficient (Wildman–Crippen LogP) is 9.82. The van der Waals surface area contributed by atoms with E-state index in [1.807, 2.05) is 0 Å². The maximum Gasteiger partial charge on any atom is 0.332 e. The summed E-state index contributed by atoms with van der Waals surface area (Å²) in [5, 5.41) is 8.84. The molecule has 15 rings (SSSR count). The molecule has 9 aliphatic rings. The lowest BCUT2D eigenvalue weighted by Gasteiger charge is -2.20. The fraction of sp³-hybridized carbons (Fsp3) is 0.328. The van der Waals surface area contributed by atoms with Gasteiger partial charge in [0, 0.05) is 34.4 Å². The molecule has 0 spiro atoms. The van der Waals surface area contributed by atoms with E-state index in [0.29, 0.717) is 22.3 Å². The van der Waals surface area contributed by atoms with Gasteiger partial charge >= 0.3 is 18.1 Å². The molecule has 426 valence electrons. The first-order valence-electron chi connectivity index (χ1n) is 28.4. The van der Waals surface area contributed by atoms with Crippen molar-refractivity contribution < 1.29 is 41.4 Å². The highest BCUT2D eigenvalue weighted by Crippen LogP contribution is 2.42. The lowest BCUT2D eigenvalue weighted by molar-refractivity contribution is 0.0994. The van der Waals surface area contributed by atoms with E-state index in [9.17, 15) is 41.4 Å². The molecule has 5 aromatic carbocycles. The number of aryl methyl sites for hydroxylation is 6. The minimum absolute atomic E-state index is 0.0219. The highest BCUT2D eigenvalue weighted by Gasteiger charge is 2.35. The number of amides is 9. The molecule has 0 radical (unpaired) electrons. The Morgan fingerprint density at radius 3 is 1.07 bits per heavy atom. The summed E-state index contributed by atoms with van der Waals surface area (Å²) in [7, 11) is -9.78. The van der Waals surface area contributed by atoms with Gasteiger partial charge in [-0.3, -0.25) is 14.4 Å². The second-order valence-corrected chi connectivity index (χ2v) is 28.1. The molecular weight excluding hydrogens is 1110 g/mol. The number of aromatic nitrogens is 1. The Kier molecular flexibility index (Phi) is 14.1. The van der Waals surface area contributed by atoms with Crippen molar-refractivity contribution >= 4 is 82.6 Å². The summed E-state index contributed by atoms with van der Waals surface area (Å²) < 4.78 is 57.9. The van der Waals surface area contributed by atoms with E-state index in [-0.39, 0.29) is 22.1 Å². The lowest BCUT2D eigenvalue weighted by atomic mass is 9.99. The molecule has 9 amide bonds. The first kappa shape index (κ1) is 54.2. The zero-order chi connectivity index (χ0) is 57.2. The highest BCUT2D eigenvalue weighted by atomic mass is 32.2. The number of urea groups is 3. The van der Waals surface area contributed by atoms with Crippen LogP contribution in [0.3, 0.4) is 0 Å². The van der Waals surface area contributed by atoms with Crippen molar-refractivity contribution in [1.82, 2.24) is 19.2 Å². The fourth-order valence-electron chi connectivity index (χ4n) is 13.5. The van der Waals surface area contributed by atoms with Crippen LogP contribution in [0.25, 0.3) is 0 Å². The predicted molar refractivity (Wildman–Crippen MR) is 315 cm³/mol. The lowest BCUT2D eigenvalue weighted by Crippen LogP contribution is -2.37. The van der Waals surface area contributed by atoms with Crippen molar-refractivity contribution in [3.63, 3.8) is 0 Å². The molecule has 3 unspecified atom stereocenters. The Hall–Kier alpha value is -8.08. The third kappa shape index (κ3) is 10.5. The molecule has 4 heterocycles. The monoisotopic (exact) mass is 1170 g/mol. The largest absolute Gasteiger partial charge is 0.332 e. The van der Waals surface area contributed by atoms with Crippen LogP contribution < -0.4 is 30.1 Å². The number of benzene rings is 5. The summed E-state index contributed by atoms with van der Waals surface area (Å²) >= 11 is 0. The van der Waals surface area contributed by atoms with Crippen LogP contribution >= 0.6 is 0 Å². The molecule has 3 aliphatic heterocycles. The number of nitrogens with one attached hydrogen (secondary N) is 6. The molecule has 1 aromatic heterocycles. The number of anilines is 3. The third-order valence-corrected chi connectivity index (χ3v) is 22.1. The van der Waals surface area contributed by atoms with Crippen molar-refractivity contribution in [2.45, 2.75) is 132 Å². The van der Waals surface area contributed by atoms with E-state index < -0.39 is 65.6 Å². The zero-order valence-electron chi connectivity index (χ0n) is 45.4. The molecule has 0 bridgehead atoms. The van der Waals surface area contributed by atoms with E-state index >= 15 is 0 Å². The Morgan fingerprint density at radius 1 is 0.373 bits per heavy atom. The van der Waals surface area contributed by atoms with Gasteiger partial charge in [0.25, 0.3) is 17.7 Å². The van der Waals surface area contributed by atoms with E-state index in [4.69, 9.17) is 0 Å². The number of hydrogen-bond acceptors (Lipinski definition) is 10. The molecule has 6 aromatic rings. The summed E-state index contributed by atoms with van der Waals surface area (Å²) in [5.41, 5.74) is 20.0. The van der Waals surface area contributed by atoms with Gasteiger partial charge in [-0.25, -0.2) is 46.2 Å². The molecule has 0 saturated heterocycles. The average molecular weight is 1170 g/mol. The molecule has 0 saturated carbocycles. The van der Waals surface area contributed by atoms with Crippen molar-refractivity contribution in [3.8, 4) is 0 Å². The molecule has 83 heavy (non-hydrogen) atoms. The van der Waals surface area contributed by atoms with Crippen LogP contribution in [0.5, 0.6) is 0 Å². The summed E-state index contributed by atoms with van der Waals surface area (Å²) in [6, 6.07) is 22.1. The minimum Gasteiger partial charge on any atom is -0.307 e. The standard InChI is InChI=1S/2C21H21N3O3S.C19H18N4O3S/c2*25-20-18-8-2-1-5-15(18)12-28(27,23-20)24-21(26)22-19-16-9-3-6-13(16)11-14-7-4-10-17(14)19;24-17-15-8-3-9-20-18(15)27(26,22-17)23-19(25)21-16-13-6-1-4-11(13)10-12-5-2-7-14(12)16/h2*1-2,5,8,11H,3-4,6-7,9-10,12H2,(H2,22,23,24,25,26,27);3,8-10H,1-2,4-7H2,(H2,21,22,23,24,25,26). The normalized spacial score (nSPS) is 22.0. The number of fused-ring (bicyclic) bond motifs is 9. The number of carbonyl (C=O) groups excluding carboxylic acids is 6. The Labute approximate surface area is 481 Å². The second kappa shape index (κ2) is 21.6. The molecule has 6 aliphatic carbocycles. The molecule has 22 heteroatoms. The van der Waals surface area contributed by atoms with Crippen LogP contribution in [0.1, 0.15) is 147 Å². The van der Waals surface area contributed by atoms with Gasteiger partial charge in [-0.2, -0.15) is 0 Å². The molecule has 0 fully saturated rings. The first-order chi connectivity index (χ1) is 40.1. The van der Waals surface area contributed by atoms with E-state index in [0.717, 1.165) is 133 Å². The van der Waals surface area contributed by atoms with Gasteiger partial charge in [0.05, 0.1) is 17.1 Å². The minimum atomic E-state index is -3.41. The Bertz CT molecular complexity index is 4000. The van der Waals surface area contributed by atoms with Crippen LogP contribution in [0.2, 0.25) is 0 Å². The number of pyridine rings is 1. The number of rotatable bonds is 6. The zero-order valence-corrected chi connectivity index (χ0v) is 47.9. The number of carbonyl (C=O) groups is 6. The summed E-state index contributed by atoms with van der Waals surface area (Å²) in [6.45, 7) is 0. The molecule has 6 N–H and O–H groups in total. The molecule has 19 nitrogen and oxygen atoms in total. The van der Waals surface area contributed by atoms with E-state index in [1.165, 1.54) is 79.0 Å². The summed E-state index contributed by atoms with van der Waals surface area (Å²) in [5.74, 6) is -1.65. The van der Waals surface area contributed by atoms with Gasteiger partial charge in [0.15, 0.2) is 14.9 Å². The third-order valence-electron chi connectivity index (χ3n) is 17.0. The number of nitrogens with zero attached hydrogens (tertiary/aromatic N) is 4. The van der Waals surface area contributed by atoms with Crippen LogP contribution in [0.15, 0.2) is 103 Å². The van der Waals surface area contributed by atoms with Gasteiger partial charge in [-0.05, 0) is 218 Å². The quantitative estimate of drug-likeness (QED) is 0.0918. The van der Waals surface area contributed by atoms with Gasteiger partial charge in [0.2, 0.25) is 0 Å². The fourth-order valence-corrected chi connectivity index (χ4v) is 18.1. The van der Waals surface area contributed by atoms with Crippen LogP contribution in [-0.2, 0) is 118 Å². The molecule has 3 atom stereocenters. The van der Waals surface area contributed by atoms with Crippen LogP contribution in [0.4, 0.5) is 31.4 Å². The maximum absolute atomic E-state index is 13.1.